The van der Waals surface area contributed by atoms with Crippen molar-refractivity contribution in [1.29, 1.82) is 0 Å². The number of hydrogen-bond acceptors (Lipinski definition) is 3. The Bertz CT molecular complexity index is 1210. The van der Waals surface area contributed by atoms with Crippen molar-refractivity contribution in [2.45, 2.75) is 64.6 Å². The summed E-state index contributed by atoms with van der Waals surface area (Å²) in [5.74, 6) is -0.861. The van der Waals surface area contributed by atoms with Crippen LogP contribution in [0.1, 0.15) is 63.1 Å². The lowest BCUT2D eigenvalue weighted by Crippen LogP contribution is -2.45. The number of nitrogens with zero attached hydrogens (tertiary/aromatic N) is 2. The van der Waals surface area contributed by atoms with Crippen LogP contribution in [0.25, 0.3) is 0 Å². The van der Waals surface area contributed by atoms with Crippen LogP contribution in [0.3, 0.4) is 0 Å². The summed E-state index contributed by atoms with van der Waals surface area (Å²) in [7, 11) is 0. The van der Waals surface area contributed by atoms with Crippen molar-refractivity contribution in [2.24, 2.45) is 0 Å². The summed E-state index contributed by atoms with van der Waals surface area (Å²) in [6.07, 6.45) is 10.7. The lowest BCUT2D eigenvalue weighted by molar-refractivity contribution is -0.141. The number of amides is 2. The fraction of sp³-hybridized carbons (Fsp3) is 0.355. The Morgan fingerprint density at radius 1 is 1.14 bits per heavy atom. The summed E-state index contributed by atoms with van der Waals surface area (Å²) in [5, 5.41) is 0. The number of hydrogen-bond donors (Lipinski definition) is 0. The molecule has 5 nitrogen and oxygen atoms in total. The quantitative estimate of drug-likeness (QED) is 0.362. The van der Waals surface area contributed by atoms with E-state index in [-0.39, 0.29) is 36.9 Å². The van der Waals surface area contributed by atoms with E-state index in [1.54, 1.807) is 24.3 Å². The number of benzene rings is 2. The van der Waals surface area contributed by atoms with Crippen molar-refractivity contribution in [2.75, 3.05) is 11.5 Å². The second-order valence-electron chi connectivity index (χ2n) is 9.72. The molecule has 0 bridgehead atoms. The van der Waals surface area contributed by atoms with E-state index >= 15 is 0 Å². The number of halogens is 1. The van der Waals surface area contributed by atoms with Gasteiger partial charge >= 0.3 is 0 Å². The standard InChI is InChI=1S/C31H35FN2O3/c1-4-12-25(19-22(2)3)34(29(35)21-37-20-23-13-8-10-17-27(23)32)30-26-16-9-11-18-28(26)33(31(30)36)24-14-6-5-7-15-24/h4,8-13,16-19,24,30H,2,5-7,14-15,20-21H2,1,3H3/b12-4-,25-19+. The van der Waals surface area contributed by atoms with Gasteiger partial charge in [0.25, 0.3) is 11.8 Å². The molecule has 1 heterocycles. The molecule has 1 unspecified atom stereocenters. The van der Waals surface area contributed by atoms with Crippen molar-refractivity contribution < 1.29 is 18.7 Å². The molecule has 1 saturated carbocycles. The van der Waals surface area contributed by atoms with Crippen molar-refractivity contribution in [3.63, 3.8) is 0 Å². The summed E-state index contributed by atoms with van der Waals surface area (Å²) >= 11 is 0. The zero-order chi connectivity index (χ0) is 26.4. The summed E-state index contributed by atoms with van der Waals surface area (Å²) in [6.45, 7) is 7.36. The number of carbonyl (C=O) groups excluding carboxylic acids is 2. The van der Waals surface area contributed by atoms with Gasteiger partial charge in [-0.25, -0.2) is 4.39 Å². The molecule has 2 aromatic rings. The lowest BCUT2D eigenvalue weighted by Gasteiger charge is -2.33. The van der Waals surface area contributed by atoms with E-state index in [0.29, 0.717) is 11.3 Å². The Morgan fingerprint density at radius 3 is 2.54 bits per heavy atom. The van der Waals surface area contributed by atoms with Crippen LogP contribution in [-0.4, -0.2) is 29.4 Å². The van der Waals surface area contributed by atoms with Crippen LogP contribution in [0.5, 0.6) is 0 Å². The zero-order valence-corrected chi connectivity index (χ0v) is 21.7. The second kappa shape index (κ2) is 12.2. The fourth-order valence-electron chi connectivity index (χ4n) is 5.28. The molecule has 2 aliphatic rings. The highest BCUT2D eigenvalue weighted by molar-refractivity contribution is 6.07. The van der Waals surface area contributed by atoms with Gasteiger partial charge in [0, 0.05) is 28.6 Å². The summed E-state index contributed by atoms with van der Waals surface area (Å²) < 4.78 is 19.7. The van der Waals surface area contributed by atoms with Gasteiger partial charge in [0.15, 0.2) is 0 Å². The highest BCUT2D eigenvalue weighted by Gasteiger charge is 2.45. The number of allylic oxidation sites excluding steroid dienone is 4. The SMILES string of the molecule is C=C(C)/C=C(\C=C/C)N(C(=O)COCc1ccccc1F)C1C(=O)N(C2CCCCC2)c2ccccc21. The van der Waals surface area contributed by atoms with E-state index in [9.17, 15) is 14.0 Å². The Hall–Kier alpha value is -3.51. The number of fused-ring (bicyclic) bond motifs is 1. The van der Waals surface area contributed by atoms with Gasteiger partial charge in [-0.3, -0.25) is 14.5 Å². The Labute approximate surface area is 218 Å². The predicted octanol–water partition coefficient (Wildman–Crippen LogP) is 6.63. The highest BCUT2D eigenvalue weighted by Crippen LogP contribution is 2.44. The van der Waals surface area contributed by atoms with Gasteiger partial charge in [0.1, 0.15) is 18.5 Å². The Kier molecular flexibility index (Phi) is 8.72. The first kappa shape index (κ1) is 26.6. The molecule has 1 aliphatic carbocycles. The average Bonchev–Trinajstić information content (AvgIpc) is 3.17. The first-order chi connectivity index (χ1) is 17.9. The van der Waals surface area contributed by atoms with Gasteiger partial charge in [-0.2, -0.15) is 0 Å². The average molecular weight is 503 g/mol. The minimum atomic E-state index is -0.815. The minimum absolute atomic E-state index is 0.0429. The molecule has 0 N–H and O–H groups in total. The normalized spacial score (nSPS) is 18.4. The Morgan fingerprint density at radius 2 is 1.84 bits per heavy atom. The molecular weight excluding hydrogens is 467 g/mol. The molecule has 1 fully saturated rings. The number of carbonyl (C=O) groups is 2. The van der Waals surface area contributed by atoms with Gasteiger partial charge in [0.05, 0.1) is 6.61 Å². The first-order valence-corrected chi connectivity index (χ1v) is 13.0. The van der Waals surface area contributed by atoms with E-state index in [0.717, 1.165) is 42.5 Å². The van der Waals surface area contributed by atoms with Gasteiger partial charge in [-0.1, -0.05) is 73.9 Å². The van der Waals surface area contributed by atoms with Crippen LogP contribution >= 0.6 is 0 Å². The molecular formula is C31H35FN2O3. The van der Waals surface area contributed by atoms with Crippen molar-refractivity contribution in [3.8, 4) is 0 Å². The highest BCUT2D eigenvalue weighted by atomic mass is 19.1. The zero-order valence-electron chi connectivity index (χ0n) is 21.7. The van der Waals surface area contributed by atoms with Crippen LogP contribution in [0.4, 0.5) is 10.1 Å². The third-order valence-electron chi connectivity index (χ3n) is 6.88. The van der Waals surface area contributed by atoms with E-state index in [2.05, 4.69) is 6.58 Å². The number of ether oxygens (including phenoxy) is 1. The van der Waals surface area contributed by atoms with E-state index in [4.69, 9.17) is 4.74 Å². The van der Waals surface area contributed by atoms with Crippen LogP contribution in [-0.2, 0) is 20.9 Å². The molecule has 0 saturated heterocycles. The lowest BCUT2D eigenvalue weighted by atomic mass is 9.94. The largest absolute Gasteiger partial charge is 0.367 e. The van der Waals surface area contributed by atoms with Gasteiger partial charge in [0.2, 0.25) is 0 Å². The van der Waals surface area contributed by atoms with Crippen molar-refractivity contribution in [1.82, 2.24) is 4.90 Å². The number of anilines is 1. The molecule has 0 spiro atoms. The van der Waals surface area contributed by atoms with Gasteiger partial charge in [-0.15, -0.1) is 0 Å². The van der Waals surface area contributed by atoms with Crippen molar-refractivity contribution >= 4 is 17.5 Å². The molecule has 0 radical (unpaired) electrons. The van der Waals surface area contributed by atoms with Crippen LogP contribution < -0.4 is 4.90 Å². The molecule has 0 aromatic heterocycles. The third-order valence-corrected chi connectivity index (χ3v) is 6.88. The maximum Gasteiger partial charge on any atom is 0.255 e. The summed E-state index contributed by atoms with van der Waals surface area (Å²) in [4.78, 5) is 31.3. The predicted molar refractivity (Wildman–Crippen MR) is 144 cm³/mol. The molecule has 6 heteroatoms. The molecule has 2 amide bonds. The molecule has 37 heavy (non-hydrogen) atoms. The van der Waals surface area contributed by atoms with Crippen molar-refractivity contribution in [3.05, 3.63) is 102 Å². The second-order valence-corrected chi connectivity index (χ2v) is 9.72. The van der Waals surface area contributed by atoms with E-state index in [1.165, 1.54) is 17.4 Å². The molecule has 1 atom stereocenters. The molecule has 2 aromatic carbocycles. The van der Waals surface area contributed by atoms with Gasteiger partial charge in [-0.05, 0) is 51.0 Å². The van der Waals surface area contributed by atoms with Gasteiger partial charge < -0.3 is 9.64 Å². The van der Waals surface area contributed by atoms with E-state index < -0.39 is 6.04 Å². The molecule has 1 aliphatic heterocycles. The Balaban J connectivity index is 1.69. The molecule has 4 rings (SSSR count). The van der Waals surface area contributed by atoms with Crippen LogP contribution in [0.15, 0.2) is 84.6 Å². The smallest absolute Gasteiger partial charge is 0.255 e. The maximum atomic E-state index is 14.1. The maximum absolute atomic E-state index is 14.1. The fourth-order valence-corrected chi connectivity index (χ4v) is 5.28. The van der Waals surface area contributed by atoms with E-state index in [1.807, 2.05) is 55.2 Å². The summed E-state index contributed by atoms with van der Waals surface area (Å²) in [5.41, 5.74) is 3.36. The number of rotatable bonds is 9. The monoisotopic (exact) mass is 502 g/mol. The van der Waals surface area contributed by atoms with Crippen LogP contribution in [0.2, 0.25) is 0 Å². The summed E-state index contributed by atoms with van der Waals surface area (Å²) in [6, 6.07) is 13.4. The first-order valence-electron chi connectivity index (χ1n) is 13.0. The molecule has 194 valence electrons. The topological polar surface area (TPSA) is 49.9 Å². The van der Waals surface area contributed by atoms with Crippen LogP contribution in [0, 0.1) is 5.82 Å². The third kappa shape index (κ3) is 5.91. The number of para-hydroxylation sites is 1. The minimum Gasteiger partial charge on any atom is -0.367 e.